The van der Waals surface area contributed by atoms with Gasteiger partial charge in [-0.05, 0) is 60.4 Å². The first-order valence-corrected chi connectivity index (χ1v) is 7.93. The highest BCUT2D eigenvalue weighted by molar-refractivity contribution is 5.65. The van der Waals surface area contributed by atoms with Gasteiger partial charge >= 0.3 is 0 Å². The van der Waals surface area contributed by atoms with Crippen LogP contribution in [0, 0.1) is 5.82 Å². The number of rotatable bonds is 4. The Kier molecular flexibility index (Phi) is 3.27. The van der Waals surface area contributed by atoms with E-state index in [1.54, 1.807) is 6.07 Å². The number of nitrogens with one attached hydrogen (secondary N) is 1. The molecule has 0 bridgehead atoms. The van der Waals surface area contributed by atoms with Crippen LogP contribution in [-0.2, 0) is 19.4 Å². The fourth-order valence-corrected chi connectivity index (χ4v) is 3.16. The number of benzene rings is 2. The smallest absolute Gasteiger partial charge is 0.128 e. The Labute approximate surface area is 125 Å². The molecule has 108 valence electrons. The molecule has 0 saturated heterocycles. The first-order chi connectivity index (χ1) is 10.3. The van der Waals surface area contributed by atoms with Crippen molar-refractivity contribution in [3.8, 4) is 11.1 Å². The summed E-state index contributed by atoms with van der Waals surface area (Å²) in [5.41, 5.74) is 5.79. The zero-order valence-electron chi connectivity index (χ0n) is 12.2. The van der Waals surface area contributed by atoms with Crippen LogP contribution in [0.15, 0.2) is 36.4 Å². The molecule has 1 nitrogen and oxygen atoms in total. The molecule has 2 aromatic carbocycles. The van der Waals surface area contributed by atoms with Gasteiger partial charge in [-0.15, -0.1) is 0 Å². The van der Waals surface area contributed by atoms with Crippen LogP contribution in [0.2, 0.25) is 0 Å². The molecule has 0 amide bonds. The molecule has 1 saturated carbocycles. The number of hydrogen-bond acceptors (Lipinski definition) is 1. The Balaban J connectivity index is 1.58. The second kappa shape index (κ2) is 5.27. The van der Waals surface area contributed by atoms with E-state index in [0.29, 0.717) is 12.6 Å². The molecule has 2 aliphatic carbocycles. The predicted molar refractivity (Wildman–Crippen MR) is 83.7 cm³/mol. The van der Waals surface area contributed by atoms with Gasteiger partial charge in [-0.25, -0.2) is 4.39 Å². The second-order valence-corrected chi connectivity index (χ2v) is 6.30. The van der Waals surface area contributed by atoms with Gasteiger partial charge in [0.2, 0.25) is 0 Å². The Bertz CT molecular complexity index is 673. The molecular weight excluding hydrogens is 261 g/mol. The SMILES string of the molecule is Fc1cc(-c2ccc3c(c2)CCC3)ccc1CNC1CC1. The first-order valence-electron chi connectivity index (χ1n) is 7.93. The molecule has 2 heteroatoms. The van der Waals surface area contributed by atoms with Crippen molar-refractivity contribution in [2.75, 3.05) is 0 Å². The summed E-state index contributed by atoms with van der Waals surface area (Å²) in [6.07, 6.45) is 6.06. The van der Waals surface area contributed by atoms with E-state index in [2.05, 4.69) is 23.5 Å². The van der Waals surface area contributed by atoms with Crippen molar-refractivity contribution in [3.63, 3.8) is 0 Å². The lowest BCUT2D eigenvalue weighted by Crippen LogP contribution is -2.16. The third-order valence-corrected chi connectivity index (χ3v) is 4.64. The van der Waals surface area contributed by atoms with Crippen molar-refractivity contribution in [1.29, 1.82) is 0 Å². The molecule has 0 radical (unpaired) electrons. The molecule has 2 aromatic rings. The van der Waals surface area contributed by atoms with Crippen molar-refractivity contribution >= 4 is 0 Å². The lowest BCUT2D eigenvalue weighted by Gasteiger charge is -2.09. The van der Waals surface area contributed by atoms with Gasteiger partial charge < -0.3 is 5.32 Å². The molecule has 0 atom stereocenters. The number of hydrogen-bond donors (Lipinski definition) is 1. The first kappa shape index (κ1) is 13.0. The van der Waals surface area contributed by atoms with Gasteiger partial charge in [0, 0.05) is 18.2 Å². The molecule has 1 fully saturated rings. The van der Waals surface area contributed by atoms with Crippen LogP contribution >= 0.6 is 0 Å². The van der Waals surface area contributed by atoms with Crippen LogP contribution in [0.1, 0.15) is 36.0 Å². The maximum atomic E-state index is 14.2. The maximum Gasteiger partial charge on any atom is 0.128 e. The molecule has 1 N–H and O–H groups in total. The zero-order valence-corrected chi connectivity index (χ0v) is 12.2. The Hall–Kier alpha value is -1.67. The van der Waals surface area contributed by atoms with Crippen molar-refractivity contribution in [1.82, 2.24) is 5.32 Å². The lowest BCUT2D eigenvalue weighted by molar-refractivity contribution is 0.587. The van der Waals surface area contributed by atoms with Gasteiger partial charge in [0.05, 0.1) is 0 Å². The standard InChI is InChI=1S/C19H20FN/c20-19-11-16(6-7-17(19)12-21-18-8-9-18)15-5-4-13-2-1-3-14(13)10-15/h4-7,10-11,18,21H,1-3,8-9,12H2. The molecule has 4 rings (SSSR count). The largest absolute Gasteiger partial charge is 0.310 e. The van der Waals surface area contributed by atoms with Crippen LogP contribution in [0.4, 0.5) is 4.39 Å². The monoisotopic (exact) mass is 281 g/mol. The molecular formula is C19H20FN. The Morgan fingerprint density at radius 2 is 1.71 bits per heavy atom. The quantitative estimate of drug-likeness (QED) is 0.884. The molecule has 0 unspecified atom stereocenters. The second-order valence-electron chi connectivity index (χ2n) is 6.30. The van der Waals surface area contributed by atoms with E-state index < -0.39 is 0 Å². The van der Waals surface area contributed by atoms with Crippen LogP contribution in [-0.4, -0.2) is 6.04 Å². The van der Waals surface area contributed by atoms with Gasteiger partial charge in [0.1, 0.15) is 5.82 Å². The van der Waals surface area contributed by atoms with E-state index in [1.165, 1.54) is 36.8 Å². The van der Waals surface area contributed by atoms with E-state index >= 15 is 0 Å². The molecule has 2 aliphatic rings. The fourth-order valence-electron chi connectivity index (χ4n) is 3.16. The molecule has 0 aliphatic heterocycles. The Morgan fingerprint density at radius 3 is 2.52 bits per heavy atom. The topological polar surface area (TPSA) is 12.0 Å². The summed E-state index contributed by atoms with van der Waals surface area (Å²) in [4.78, 5) is 0. The maximum absolute atomic E-state index is 14.2. The van der Waals surface area contributed by atoms with Crippen molar-refractivity contribution in [2.24, 2.45) is 0 Å². The highest BCUT2D eigenvalue weighted by Gasteiger charge is 2.20. The number of fused-ring (bicyclic) bond motifs is 1. The normalized spacial score (nSPS) is 17.0. The van der Waals surface area contributed by atoms with E-state index in [1.807, 2.05) is 12.1 Å². The summed E-state index contributed by atoms with van der Waals surface area (Å²) in [5.74, 6) is -0.0962. The number of halogens is 1. The van der Waals surface area contributed by atoms with Crippen LogP contribution in [0.25, 0.3) is 11.1 Å². The summed E-state index contributed by atoms with van der Waals surface area (Å²) >= 11 is 0. The summed E-state index contributed by atoms with van der Waals surface area (Å²) < 4.78 is 14.2. The van der Waals surface area contributed by atoms with Crippen molar-refractivity contribution < 1.29 is 4.39 Å². The average molecular weight is 281 g/mol. The van der Waals surface area contributed by atoms with E-state index in [9.17, 15) is 4.39 Å². The average Bonchev–Trinajstić information content (AvgIpc) is 3.21. The predicted octanol–water partition coefficient (Wildman–Crippen LogP) is 4.23. The highest BCUT2D eigenvalue weighted by Crippen LogP contribution is 2.29. The van der Waals surface area contributed by atoms with Gasteiger partial charge in [0.25, 0.3) is 0 Å². The van der Waals surface area contributed by atoms with Crippen LogP contribution < -0.4 is 5.32 Å². The minimum atomic E-state index is -0.0962. The molecule has 0 heterocycles. The Morgan fingerprint density at radius 1 is 0.952 bits per heavy atom. The minimum Gasteiger partial charge on any atom is -0.310 e. The molecule has 21 heavy (non-hydrogen) atoms. The summed E-state index contributed by atoms with van der Waals surface area (Å²) in [7, 11) is 0. The fraction of sp³-hybridized carbons (Fsp3) is 0.368. The van der Waals surface area contributed by atoms with Crippen molar-refractivity contribution in [2.45, 2.75) is 44.7 Å². The third kappa shape index (κ3) is 2.73. The lowest BCUT2D eigenvalue weighted by atomic mass is 9.99. The van der Waals surface area contributed by atoms with Gasteiger partial charge in [-0.2, -0.15) is 0 Å². The van der Waals surface area contributed by atoms with E-state index in [-0.39, 0.29) is 5.82 Å². The van der Waals surface area contributed by atoms with Crippen LogP contribution in [0.5, 0.6) is 0 Å². The molecule has 0 aromatic heterocycles. The van der Waals surface area contributed by atoms with Crippen molar-refractivity contribution in [3.05, 3.63) is 58.9 Å². The number of aryl methyl sites for hydroxylation is 2. The zero-order chi connectivity index (χ0) is 14.2. The van der Waals surface area contributed by atoms with Crippen LogP contribution in [0.3, 0.4) is 0 Å². The van der Waals surface area contributed by atoms with E-state index in [0.717, 1.165) is 23.1 Å². The molecule has 0 spiro atoms. The highest BCUT2D eigenvalue weighted by atomic mass is 19.1. The third-order valence-electron chi connectivity index (χ3n) is 4.64. The van der Waals surface area contributed by atoms with Gasteiger partial charge in [-0.3, -0.25) is 0 Å². The minimum absolute atomic E-state index is 0.0962. The summed E-state index contributed by atoms with van der Waals surface area (Å²) in [6, 6.07) is 12.8. The van der Waals surface area contributed by atoms with E-state index in [4.69, 9.17) is 0 Å². The van der Waals surface area contributed by atoms with Gasteiger partial charge in [0.15, 0.2) is 0 Å². The summed E-state index contributed by atoms with van der Waals surface area (Å²) in [5, 5.41) is 3.37. The summed E-state index contributed by atoms with van der Waals surface area (Å²) in [6.45, 7) is 0.640. The van der Waals surface area contributed by atoms with Gasteiger partial charge in [-0.1, -0.05) is 30.3 Å².